The van der Waals surface area contributed by atoms with Crippen LogP contribution in [0.15, 0.2) is 0 Å². The number of aliphatic carboxylic acids is 1. The highest BCUT2D eigenvalue weighted by molar-refractivity contribution is 5.73. The lowest BCUT2D eigenvalue weighted by atomic mass is 9.96. The molecule has 0 bridgehead atoms. The minimum Gasteiger partial charge on any atom is -0.480 e. The fourth-order valence-electron chi connectivity index (χ4n) is 1.78. The minimum absolute atomic E-state index is 0.0893. The summed E-state index contributed by atoms with van der Waals surface area (Å²) in [6.45, 7) is 0.677. The zero-order chi connectivity index (χ0) is 13.6. The van der Waals surface area contributed by atoms with Crippen molar-refractivity contribution in [3.8, 4) is 0 Å². The Morgan fingerprint density at radius 2 is 1.88 bits per heavy atom. The first-order valence-corrected chi connectivity index (χ1v) is 5.51. The second-order valence-electron chi connectivity index (χ2n) is 5.30. The molecule has 0 rings (SSSR count). The van der Waals surface area contributed by atoms with Gasteiger partial charge in [0.05, 0.1) is 41.2 Å². The first-order chi connectivity index (χ1) is 7.65. The number of carboxylic acid groups (broad SMARTS) is 1. The van der Waals surface area contributed by atoms with Gasteiger partial charge in [0.2, 0.25) is 0 Å². The van der Waals surface area contributed by atoms with E-state index in [0.29, 0.717) is 11.0 Å². The summed E-state index contributed by atoms with van der Waals surface area (Å²) in [4.78, 5) is 22.0. The summed E-state index contributed by atoms with van der Waals surface area (Å²) < 4.78 is 5.25. The smallest absolute Gasteiger partial charge is 0.320 e. The summed E-state index contributed by atoms with van der Waals surface area (Å²) in [5.41, 5.74) is 5.49. The molecule has 6 nitrogen and oxygen atoms in total. The van der Waals surface area contributed by atoms with Gasteiger partial charge in [-0.2, -0.15) is 0 Å². The number of quaternary nitrogens is 1. The summed E-state index contributed by atoms with van der Waals surface area (Å²) >= 11 is 0. The van der Waals surface area contributed by atoms with Crippen LogP contribution < -0.4 is 5.73 Å². The Kier molecular flexibility index (Phi) is 6.12. The molecule has 0 spiro atoms. The maximum absolute atomic E-state index is 11.2. The number of rotatable bonds is 7. The fourth-order valence-corrected chi connectivity index (χ4v) is 1.78. The van der Waals surface area contributed by atoms with Crippen LogP contribution >= 0.6 is 0 Å². The molecule has 0 aliphatic rings. The molecule has 0 heterocycles. The number of methoxy groups -OCH3 is 1. The molecule has 0 saturated carbocycles. The molecule has 0 saturated heterocycles. The summed E-state index contributed by atoms with van der Waals surface area (Å²) in [5, 5.41) is 8.77. The average molecular weight is 247 g/mol. The van der Waals surface area contributed by atoms with E-state index in [4.69, 9.17) is 10.8 Å². The van der Waals surface area contributed by atoms with Crippen LogP contribution in [0.25, 0.3) is 0 Å². The number of nitrogens with two attached hydrogens (primary N) is 1. The van der Waals surface area contributed by atoms with Gasteiger partial charge in [0.15, 0.2) is 0 Å². The third kappa shape index (κ3) is 7.70. The van der Waals surface area contributed by atoms with Crippen LogP contribution in [0.1, 0.15) is 12.8 Å². The molecule has 0 aliphatic heterocycles. The molecule has 6 heteroatoms. The van der Waals surface area contributed by atoms with Crippen molar-refractivity contribution in [3.63, 3.8) is 0 Å². The zero-order valence-electron chi connectivity index (χ0n) is 11.0. The SMILES string of the molecule is COC(=O)CC(CC(N)C(=O)O)C[N+](C)(C)C. The van der Waals surface area contributed by atoms with E-state index in [0.717, 1.165) is 0 Å². The number of carbonyl (C=O) groups is 2. The van der Waals surface area contributed by atoms with Crippen molar-refractivity contribution in [1.82, 2.24) is 0 Å². The molecule has 3 N–H and O–H groups in total. The van der Waals surface area contributed by atoms with Crippen molar-refractivity contribution in [3.05, 3.63) is 0 Å². The lowest BCUT2D eigenvalue weighted by molar-refractivity contribution is -0.873. The van der Waals surface area contributed by atoms with Gasteiger partial charge in [-0.3, -0.25) is 9.59 Å². The van der Waals surface area contributed by atoms with Crippen molar-refractivity contribution in [2.24, 2.45) is 11.7 Å². The van der Waals surface area contributed by atoms with E-state index in [9.17, 15) is 9.59 Å². The zero-order valence-corrected chi connectivity index (χ0v) is 11.0. The van der Waals surface area contributed by atoms with E-state index in [1.807, 2.05) is 21.1 Å². The summed E-state index contributed by atoms with van der Waals surface area (Å²) in [7, 11) is 7.27. The van der Waals surface area contributed by atoms with Crippen LogP contribution in [0.2, 0.25) is 0 Å². The lowest BCUT2D eigenvalue weighted by Crippen LogP contribution is -2.43. The summed E-state index contributed by atoms with van der Waals surface area (Å²) in [6, 6.07) is -0.934. The van der Waals surface area contributed by atoms with Crippen molar-refractivity contribution >= 4 is 11.9 Å². The van der Waals surface area contributed by atoms with Crippen LogP contribution in [-0.4, -0.2) is 62.4 Å². The predicted molar refractivity (Wildman–Crippen MR) is 63.3 cm³/mol. The minimum atomic E-state index is -1.04. The molecule has 0 radical (unpaired) electrons. The molecule has 0 aromatic heterocycles. The Bertz CT molecular complexity index is 273. The maximum Gasteiger partial charge on any atom is 0.320 e. The van der Waals surface area contributed by atoms with Gasteiger partial charge < -0.3 is 20.1 Å². The molecule has 0 amide bonds. The second-order valence-corrected chi connectivity index (χ2v) is 5.30. The third-order valence-electron chi connectivity index (χ3n) is 2.39. The van der Waals surface area contributed by atoms with Gasteiger partial charge in [-0.05, 0) is 6.42 Å². The quantitative estimate of drug-likeness (QED) is 0.475. The number of carboxylic acids is 1. The average Bonchev–Trinajstić information content (AvgIpc) is 2.14. The number of esters is 1. The van der Waals surface area contributed by atoms with E-state index in [-0.39, 0.29) is 24.7 Å². The standard InChI is InChI=1S/C11H22N2O4/c1-13(2,3)7-8(6-10(14)17-4)5-9(12)11(15)16/h8-9H,5-7,12H2,1-4H3/p+1. The normalized spacial score (nSPS) is 15.1. The Morgan fingerprint density at radius 1 is 1.35 bits per heavy atom. The molecule has 100 valence electrons. The van der Waals surface area contributed by atoms with Crippen LogP contribution in [0.4, 0.5) is 0 Å². The first kappa shape index (κ1) is 15.9. The topological polar surface area (TPSA) is 89.6 Å². The van der Waals surface area contributed by atoms with Gasteiger partial charge >= 0.3 is 11.9 Å². The fraction of sp³-hybridized carbons (Fsp3) is 0.818. The number of ether oxygens (including phenoxy) is 1. The van der Waals surface area contributed by atoms with E-state index in [1.54, 1.807) is 0 Å². The number of hydrogen-bond donors (Lipinski definition) is 2. The molecular formula is C11H23N2O4+. The summed E-state index contributed by atoms with van der Waals surface area (Å²) in [5.74, 6) is -1.46. The molecule has 2 unspecified atom stereocenters. The highest BCUT2D eigenvalue weighted by Gasteiger charge is 2.26. The Hall–Kier alpha value is -1.14. The van der Waals surface area contributed by atoms with E-state index in [1.165, 1.54) is 7.11 Å². The molecule has 0 aromatic carbocycles. The lowest BCUT2D eigenvalue weighted by Gasteiger charge is -2.29. The number of hydrogen-bond acceptors (Lipinski definition) is 4. The molecule has 0 aliphatic carbocycles. The van der Waals surface area contributed by atoms with Crippen molar-refractivity contribution in [1.29, 1.82) is 0 Å². The number of nitrogens with zero attached hydrogens (tertiary/aromatic N) is 1. The summed E-state index contributed by atoms with van der Waals surface area (Å²) in [6.07, 6.45) is 0.479. The van der Waals surface area contributed by atoms with Crippen molar-refractivity contribution in [2.75, 3.05) is 34.8 Å². The van der Waals surface area contributed by atoms with Gasteiger partial charge in [0.25, 0.3) is 0 Å². The Balaban J connectivity index is 4.50. The largest absolute Gasteiger partial charge is 0.480 e. The van der Waals surface area contributed by atoms with Gasteiger partial charge in [-0.15, -0.1) is 0 Å². The van der Waals surface area contributed by atoms with Gasteiger partial charge in [0.1, 0.15) is 6.04 Å². The molecule has 2 atom stereocenters. The van der Waals surface area contributed by atoms with Crippen LogP contribution in [0, 0.1) is 5.92 Å². The van der Waals surface area contributed by atoms with E-state index < -0.39 is 12.0 Å². The first-order valence-electron chi connectivity index (χ1n) is 5.51. The maximum atomic E-state index is 11.2. The number of carbonyl (C=O) groups excluding carboxylic acids is 1. The molecule has 0 aromatic rings. The monoisotopic (exact) mass is 247 g/mol. The van der Waals surface area contributed by atoms with Crippen LogP contribution in [0.5, 0.6) is 0 Å². The van der Waals surface area contributed by atoms with E-state index in [2.05, 4.69) is 4.74 Å². The highest BCUT2D eigenvalue weighted by atomic mass is 16.5. The molecule has 0 fully saturated rings. The Labute approximate surface area is 102 Å². The van der Waals surface area contributed by atoms with Crippen molar-refractivity contribution in [2.45, 2.75) is 18.9 Å². The predicted octanol–water partition coefficient (Wildman–Crippen LogP) is -0.326. The van der Waals surface area contributed by atoms with Crippen molar-refractivity contribution < 1.29 is 23.9 Å². The Morgan fingerprint density at radius 3 is 2.24 bits per heavy atom. The molecular weight excluding hydrogens is 224 g/mol. The van der Waals surface area contributed by atoms with Crippen LogP contribution in [-0.2, 0) is 14.3 Å². The third-order valence-corrected chi connectivity index (χ3v) is 2.39. The van der Waals surface area contributed by atoms with Gasteiger partial charge in [-0.1, -0.05) is 0 Å². The second kappa shape index (κ2) is 6.56. The van der Waals surface area contributed by atoms with Crippen LogP contribution in [0.3, 0.4) is 0 Å². The van der Waals surface area contributed by atoms with E-state index >= 15 is 0 Å². The highest BCUT2D eigenvalue weighted by Crippen LogP contribution is 2.15. The van der Waals surface area contributed by atoms with Gasteiger partial charge in [-0.25, -0.2) is 0 Å². The van der Waals surface area contributed by atoms with Gasteiger partial charge in [0, 0.05) is 5.92 Å². The molecule has 17 heavy (non-hydrogen) atoms.